The maximum atomic E-state index is 2.38. The number of hydrogen-bond donors (Lipinski definition) is 0. The summed E-state index contributed by atoms with van der Waals surface area (Å²) in [6, 6.07) is 11.4. The van der Waals surface area contributed by atoms with E-state index in [1.807, 2.05) is 33.9 Å². The van der Waals surface area contributed by atoms with Crippen LogP contribution in [0.3, 0.4) is 0 Å². The van der Waals surface area contributed by atoms with Crippen LogP contribution in [0.25, 0.3) is 9.75 Å². The Morgan fingerprint density at radius 2 is 1.71 bits per heavy atom. The van der Waals surface area contributed by atoms with Gasteiger partial charge in [0, 0.05) is 0 Å². The molecule has 0 saturated heterocycles. The number of rotatable bonds is 9. The van der Waals surface area contributed by atoms with Gasteiger partial charge in [0.15, 0.2) is 0 Å². The molecular formula is C24H29BS3. The Morgan fingerprint density at radius 1 is 0.964 bits per heavy atom. The molecule has 3 aromatic heterocycles. The van der Waals surface area contributed by atoms with Crippen LogP contribution in [0.2, 0.25) is 0 Å². The predicted octanol–water partition coefficient (Wildman–Crippen LogP) is 8.34. The topological polar surface area (TPSA) is 0 Å². The van der Waals surface area contributed by atoms with E-state index in [0.717, 1.165) is 12.8 Å². The van der Waals surface area contributed by atoms with Gasteiger partial charge in [0.2, 0.25) is 0 Å². The summed E-state index contributed by atoms with van der Waals surface area (Å²) in [4.78, 5) is 7.18. The van der Waals surface area contributed by atoms with Crippen molar-refractivity contribution in [2.45, 2.75) is 53.4 Å². The van der Waals surface area contributed by atoms with Crippen molar-refractivity contribution in [1.82, 2.24) is 0 Å². The Bertz CT molecular complexity index is 921. The standard InChI is InChI=1S/C24H29BS3/c1-5-6-18(4)19(8-7-17(2)3)15-20-9-10-21(26-20)16-22-11-12-23(27-22)24-13-14-25-28-24/h7-14,18H,5-6,15-16H2,1-4H3/b19-8-. The van der Waals surface area contributed by atoms with Gasteiger partial charge in [-0.25, -0.2) is 0 Å². The van der Waals surface area contributed by atoms with Gasteiger partial charge in [-0.1, -0.05) is 31.9 Å². The number of hydrogen-bond acceptors (Lipinski definition) is 3. The summed E-state index contributed by atoms with van der Waals surface area (Å²) in [5, 5.41) is 0. The van der Waals surface area contributed by atoms with E-state index >= 15 is 0 Å². The molecule has 0 amide bonds. The van der Waals surface area contributed by atoms with Crippen LogP contribution in [0.1, 0.15) is 55.2 Å². The fourth-order valence-corrected chi connectivity index (χ4v) is 6.33. The molecule has 1 unspecified atom stereocenters. The first-order valence-electron chi connectivity index (χ1n) is 10.1. The van der Waals surface area contributed by atoms with E-state index in [2.05, 4.69) is 82.3 Å². The minimum atomic E-state index is 0.650. The van der Waals surface area contributed by atoms with Crippen molar-refractivity contribution in [3.8, 4) is 9.75 Å². The first-order valence-corrected chi connectivity index (χ1v) is 12.6. The summed E-state index contributed by atoms with van der Waals surface area (Å²) in [6.07, 6.45) is 11.4. The van der Waals surface area contributed by atoms with Gasteiger partial charge in [0.05, 0.1) is 0 Å². The van der Waals surface area contributed by atoms with Crippen molar-refractivity contribution in [3.63, 3.8) is 0 Å². The Morgan fingerprint density at radius 3 is 2.43 bits per heavy atom. The molecule has 0 spiro atoms. The van der Waals surface area contributed by atoms with Gasteiger partial charge in [0.1, 0.15) is 0 Å². The van der Waals surface area contributed by atoms with Crippen molar-refractivity contribution in [2.75, 3.05) is 0 Å². The minimum absolute atomic E-state index is 0.650. The normalized spacial score (nSPS) is 12.8. The van der Waals surface area contributed by atoms with Gasteiger partial charge in [-0.05, 0) is 20.3 Å². The average Bonchev–Trinajstić information content (AvgIpc) is 3.41. The second kappa shape index (κ2) is 10.5. The van der Waals surface area contributed by atoms with Gasteiger partial charge < -0.3 is 0 Å². The predicted molar refractivity (Wildman–Crippen MR) is 131 cm³/mol. The summed E-state index contributed by atoms with van der Waals surface area (Å²) in [6.45, 7) is 9.00. The quantitative estimate of drug-likeness (QED) is 0.303. The molecule has 0 saturated carbocycles. The molecule has 3 aromatic rings. The van der Waals surface area contributed by atoms with Gasteiger partial charge >= 0.3 is 131 Å². The van der Waals surface area contributed by atoms with Crippen molar-refractivity contribution in [3.05, 3.63) is 74.2 Å². The molecular weight excluding hydrogens is 395 g/mol. The zero-order chi connectivity index (χ0) is 19.9. The Balaban J connectivity index is 1.68. The monoisotopic (exact) mass is 424 g/mol. The zero-order valence-electron chi connectivity index (χ0n) is 17.3. The maximum absolute atomic E-state index is 2.38. The molecule has 0 bridgehead atoms. The Kier molecular flexibility index (Phi) is 8.07. The van der Waals surface area contributed by atoms with E-state index in [0.29, 0.717) is 5.92 Å². The molecule has 4 heteroatoms. The third-order valence-electron chi connectivity index (χ3n) is 4.86. The fraction of sp³-hybridized carbons (Fsp3) is 0.375. The first-order chi connectivity index (χ1) is 13.5. The molecule has 1 atom stereocenters. The summed E-state index contributed by atoms with van der Waals surface area (Å²) in [7, 11) is 0. The van der Waals surface area contributed by atoms with E-state index in [-0.39, 0.29) is 0 Å². The molecule has 0 radical (unpaired) electrons. The van der Waals surface area contributed by atoms with Crippen molar-refractivity contribution >= 4 is 40.0 Å². The van der Waals surface area contributed by atoms with Crippen LogP contribution in [0, 0.1) is 5.92 Å². The van der Waals surface area contributed by atoms with Crippen LogP contribution < -0.4 is 0 Å². The third kappa shape index (κ3) is 6.14. The molecule has 0 N–H and O–H groups in total. The molecule has 28 heavy (non-hydrogen) atoms. The van der Waals surface area contributed by atoms with Crippen molar-refractivity contribution < 1.29 is 0 Å². The van der Waals surface area contributed by atoms with E-state index in [4.69, 9.17) is 0 Å². The van der Waals surface area contributed by atoms with Gasteiger partial charge in [0.25, 0.3) is 0 Å². The molecule has 0 nitrogen and oxygen atoms in total. The van der Waals surface area contributed by atoms with E-state index in [9.17, 15) is 0 Å². The van der Waals surface area contributed by atoms with Crippen LogP contribution in [0.5, 0.6) is 0 Å². The molecule has 3 heterocycles. The second-order valence-electron chi connectivity index (χ2n) is 7.64. The molecule has 146 valence electrons. The second-order valence-corrected chi connectivity index (χ2v) is 11.0. The summed E-state index contributed by atoms with van der Waals surface area (Å²) in [5.41, 5.74) is 2.93. The molecule has 0 aliphatic heterocycles. The van der Waals surface area contributed by atoms with Crippen LogP contribution in [0.15, 0.2) is 59.6 Å². The molecule has 0 aromatic carbocycles. The number of allylic oxidation sites excluding steroid dienone is 4. The molecule has 0 aliphatic carbocycles. The van der Waals surface area contributed by atoms with Crippen LogP contribution >= 0.6 is 33.9 Å². The third-order valence-corrected chi connectivity index (χ3v) is 8.09. The van der Waals surface area contributed by atoms with E-state index in [1.54, 1.807) is 5.57 Å². The van der Waals surface area contributed by atoms with Crippen molar-refractivity contribution in [2.24, 2.45) is 5.92 Å². The van der Waals surface area contributed by atoms with Crippen LogP contribution in [-0.2, 0) is 12.8 Å². The van der Waals surface area contributed by atoms with Gasteiger partial charge in [-0.3, -0.25) is 0 Å². The molecule has 3 rings (SSSR count). The summed E-state index contributed by atoms with van der Waals surface area (Å²) in [5.74, 6) is 2.78. The first kappa shape index (κ1) is 21.5. The van der Waals surface area contributed by atoms with Crippen LogP contribution in [-0.4, -0.2) is 6.17 Å². The van der Waals surface area contributed by atoms with Crippen molar-refractivity contribution in [1.29, 1.82) is 0 Å². The zero-order valence-corrected chi connectivity index (χ0v) is 19.8. The van der Waals surface area contributed by atoms with Crippen LogP contribution in [0.4, 0.5) is 0 Å². The van der Waals surface area contributed by atoms with Gasteiger partial charge in [-0.15, -0.1) is 0 Å². The Hall–Kier alpha value is -1.23. The summed E-state index contributed by atoms with van der Waals surface area (Å²) < 4.78 is 0. The SMILES string of the molecule is CCCC(C)/C(=C\C=C(C)C)Cc1ccc(Cc2ccc(-c3ccbs3)s2)s1. The van der Waals surface area contributed by atoms with E-state index < -0.39 is 0 Å². The Labute approximate surface area is 182 Å². The van der Waals surface area contributed by atoms with E-state index in [1.165, 1.54) is 42.8 Å². The number of thiophene rings is 2. The molecule has 0 fully saturated rings. The summed E-state index contributed by atoms with van der Waals surface area (Å²) >= 11 is 5.73. The fourth-order valence-electron chi connectivity index (χ4n) is 3.30. The average molecular weight is 425 g/mol. The molecule has 0 aliphatic rings. The van der Waals surface area contributed by atoms with Gasteiger partial charge in [-0.2, -0.15) is 0 Å².